The first-order valence-electron chi connectivity index (χ1n) is 5.71. The molecule has 0 amide bonds. The van der Waals surface area contributed by atoms with E-state index in [9.17, 15) is 4.79 Å². The van der Waals surface area contributed by atoms with Gasteiger partial charge in [-0.2, -0.15) is 0 Å². The monoisotopic (exact) mass is 256 g/mol. The summed E-state index contributed by atoms with van der Waals surface area (Å²) in [6.45, 7) is 3.89. The highest BCUT2D eigenvalue weighted by Gasteiger charge is 2.10. The Morgan fingerprint density at radius 1 is 1.11 bits per heavy atom. The molecular formula is C14H12N2OS. The lowest BCUT2D eigenvalue weighted by atomic mass is 10.2. The summed E-state index contributed by atoms with van der Waals surface area (Å²) in [6.07, 6.45) is 0. The van der Waals surface area contributed by atoms with Crippen LogP contribution in [0.1, 0.15) is 11.4 Å². The number of hydrogen-bond acceptors (Lipinski definition) is 3. The summed E-state index contributed by atoms with van der Waals surface area (Å²) in [7, 11) is 0. The standard InChI is InChI=1S/C14H12N2OS/c1-9-3-5-11(6-4-9)16-10(2)15-13-12(14(16)17)7-8-18-13/h3-8H,1-2H3. The second kappa shape index (κ2) is 4.07. The van der Waals surface area contributed by atoms with E-state index in [0.29, 0.717) is 5.39 Å². The van der Waals surface area contributed by atoms with Crippen molar-refractivity contribution in [1.29, 1.82) is 0 Å². The first-order chi connectivity index (χ1) is 8.66. The van der Waals surface area contributed by atoms with E-state index in [0.717, 1.165) is 16.3 Å². The fraction of sp³-hybridized carbons (Fsp3) is 0.143. The molecule has 0 aliphatic carbocycles. The van der Waals surface area contributed by atoms with Gasteiger partial charge in [-0.05, 0) is 37.4 Å². The third-order valence-electron chi connectivity index (χ3n) is 2.96. The Labute approximate surface area is 108 Å². The molecule has 18 heavy (non-hydrogen) atoms. The van der Waals surface area contributed by atoms with Gasteiger partial charge in [0.1, 0.15) is 10.7 Å². The summed E-state index contributed by atoms with van der Waals surface area (Å²) in [4.78, 5) is 17.7. The summed E-state index contributed by atoms with van der Waals surface area (Å²) in [5, 5.41) is 2.59. The maximum atomic E-state index is 12.4. The predicted octanol–water partition coefficient (Wildman–Crippen LogP) is 3.06. The van der Waals surface area contributed by atoms with E-state index >= 15 is 0 Å². The van der Waals surface area contributed by atoms with Crippen LogP contribution in [-0.4, -0.2) is 9.55 Å². The number of benzene rings is 1. The van der Waals surface area contributed by atoms with Gasteiger partial charge < -0.3 is 0 Å². The van der Waals surface area contributed by atoms with E-state index < -0.39 is 0 Å². The van der Waals surface area contributed by atoms with Crippen LogP contribution in [0.25, 0.3) is 15.9 Å². The van der Waals surface area contributed by atoms with Gasteiger partial charge in [-0.1, -0.05) is 17.7 Å². The van der Waals surface area contributed by atoms with Crippen molar-refractivity contribution in [2.45, 2.75) is 13.8 Å². The molecule has 2 heterocycles. The lowest BCUT2D eigenvalue weighted by molar-refractivity contribution is 0.897. The van der Waals surface area contributed by atoms with Gasteiger partial charge in [-0.3, -0.25) is 9.36 Å². The van der Waals surface area contributed by atoms with Gasteiger partial charge in [-0.25, -0.2) is 4.98 Å². The third-order valence-corrected chi connectivity index (χ3v) is 3.76. The molecule has 0 unspecified atom stereocenters. The van der Waals surface area contributed by atoms with E-state index in [4.69, 9.17) is 0 Å². The Balaban J connectivity index is 2.34. The molecule has 90 valence electrons. The quantitative estimate of drug-likeness (QED) is 0.670. The first kappa shape index (κ1) is 11.2. The Kier molecular flexibility index (Phi) is 2.52. The molecule has 0 N–H and O–H groups in total. The van der Waals surface area contributed by atoms with E-state index in [1.807, 2.05) is 49.6 Å². The van der Waals surface area contributed by atoms with Crippen LogP contribution in [0.15, 0.2) is 40.5 Å². The molecule has 4 heteroatoms. The van der Waals surface area contributed by atoms with Crippen molar-refractivity contribution in [1.82, 2.24) is 9.55 Å². The van der Waals surface area contributed by atoms with Crippen LogP contribution in [0.4, 0.5) is 0 Å². The van der Waals surface area contributed by atoms with Crippen LogP contribution in [0.2, 0.25) is 0 Å². The van der Waals surface area contributed by atoms with Crippen molar-refractivity contribution < 1.29 is 0 Å². The molecule has 0 saturated carbocycles. The minimum atomic E-state index is 0.00241. The molecular weight excluding hydrogens is 244 g/mol. The Bertz CT molecular complexity index is 769. The minimum absolute atomic E-state index is 0.00241. The second-order valence-corrected chi connectivity index (χ2v) is 5.17. The molecule has 0 aliphatic heterocycles. The topological polar surface area (TPSA) is 34.9 Å². The number of fused-ring (bicyclic) bond motifs is 1. The number of hydrogen-bond donors (Lipinski definition) is 0. The summed E-state index contributed by atoms with van der Waals surface area (Å²) < 4.78 is 1.66. The van der Waals surface area contributed by atoms with Gasteiger partial charge >= 0.3 is 0 Å². The summed E-state index contributed by atoms with van der Waals surface area (Å²) in [5.74, 6) is 0.721. The van der Waals surface area contributed by atoms with Crippen molar-refractivity contribution in [3.8, 4) is 5.69 Å². The molecule has 3 nitrogen and oxygen atoms in total. The molecule has 3 rings (SSSR count). The van der Waals surface area contributed by atoms with Gasteiger partial charge in [0.15, 0.2) is 0 Å². The molecule has 0 spiro atoms. The number of nitrogens with zero attached hydrogens (tertiary/aromatic N) is 2. The molecule has 3 aromatic rings. The number of aryl methyl sites for hydroxylation is 2. The highest BCUT2D eigenvalue weighted by molar-refractivity contribution is 7.16. The molecule has 0 fully saturated rings. The van der Waals surface area contributed by atoms with Crippen LogP contribution in [-0.2, 0) is 0 Å². The zero-order valence-corrected chi connectivity index (χ0v) is 11.0. The van der Waals surface area contributed by atoms with E-state index in [1.54, 1.807) is 4.57 Å². The third kappa shape index (κ3) is 1.66. The number of aromatic nitrogens is 2. The average Bonchev–Trinajstić information content (AvgIpc) is 2.80. The zero-order valence-electron chi connectivity index (χ0n) is 10.2. The Hall–Kier alpha value is -1.94. The molecule has 0 atom stereocenters. The van der Waals surface area contributed by atoms with Gasteiger partial charge in [0.2, 0.25) is 0 Å². The molecule has 1 aromatic carbocycles. The van der Waals surface area contributed by atoms with Crippen LogP contribution >= 0.6 is 11.3 Å². The Morgan fingerprint density at radius 3 is 2.56 bits per heavy atom. The largest absolute Gasteiger partial charge is 0.268 e. The normalized spacial score (nSPS) is 11.0. The molecule has 0 bridgehead atoms. The maximum Gasteiger partial charge on any atom is 0.266 e. The molecule has 0 radical (unpaired) electrons. The van der Waals surface area contributed by atoms with Gasteiger partial charge in [0, 0.05) is 0 Å². The van der Waals surface area contributed by atoms with Crippen molar-refractivity contribution in [2.75, 3.05) is 0 Å². The minimum Gasteiger partial charge on any atom is -0.268 e. The summed E-state index contributed by atoms with van der Waals surface area (Å²) in [6, 6.07) is 9.73. The van der Waals surface area contributed by atoms with Crippen molar-refractivity contribution in [2.24, 2.45) is 0 Å². The lowest BCUT2D eigenvalue weighted by Crippen LogP contribution is -2.21. The van der Waals surface area contributed by atoms with E-state index in [2.05, 4.69) is 4.98 Å². The fourth-order valence-corrected chi connectivity index (χ4v) is 2.81. The zero-order chi connectivity index (χ0) is 12.7. The molecule has 2 aromatic heterocycles. The second-order valence-electron chi connectivity index (χ2n) is 4.27. The highest BCUT2D eigenvalue weighted by atomic mass is 32.1. The number of rotatable bonds is 1. The van der Waals surface area contributed by atoms with Crippen LogP contribution in [0.5, 0.6) is 0 Å². The van der Waals surface area contributed by atoms with Crippen molar-refractivity contribution in [3.05, 3.63) is 57.5 Å². The number of thiophene rings is 1. The smallest absolute Gasteiger partial charge is 0.266 e. The average molecular weight is 256 g/mol. The van der Waals surface area contributed by atoms with Crippen LogP contribution < -0.4 is 5.56 Å². The van der Waals surface area contributed by atoms with Crippen LogP contribution in [0.3, 0.4) is 0 Å². The van der Waals surface area contributed by atoms with Gasteiger partial charge in [-0.15, -0.1) is 11.3 Å². The lowest BCUT2D eigenvalue weighted by Gasteiger charge is -2.09. The van der Waals surface area contributed by atoms with Gasteiger partial charge in [0.25, 0.3) is 5.56 Å². The summed E-state index contributed by atoms with van der Waals surface area (Å²) in [5.41, 5.74) is 2.04. The SMILES string of the molecule is Cc1ccc(-n2c(C)nc3sccc3c2=O)cc1. The van der Waals surface area contributed by atoms with Gasteiger partial charge in [0.05, 0.1) is 11.1 Å². The van der Waals surface area contributed by atoms with Crippen LogP contribution in [0, 0.1) is 13.8 Å². The Morgan fingerprint density at radius 2 is 1.83 bits per heavy atom. The maximum absolute atomic E-state index is 12.4. The van der Waals surface area contributed by atoms with E-state index in [1.165, 1.54) is 16.9 Å². The molecule has 0 saturated heterocycles. The fourth-order valence-electron chi connectivity index (χ4n) is 2.01. The van der Waals surface area contributed by atoms with E-state index in [-0.39, 0.29) is 5.56 Å². The van der Waals surface area contributed by atoms with Crippen molar-refractivity contribution >= 4 is 21.6 Å². The predicted molar refractivity (Wildman–Crippen MR) is 74.7 cm³/mol. The first-order valence-corrected chi connectivity index (χ1v) is 6.59. The van der Waals surface area contributed by atoms with Crippen molar-refractivity contribution in [3.63, 3.8) is 0 Å². The highest BCUT2D eigenvalue weighted by Crippen LogP contribution is 2.17. The summed E-state index contributed by atoms with van der Waals surface area (Å²) >= 11 is 1.50. The molecule has 0 aliphatic rings.